The van der Waals surface area contributed by atoms with Crippen molar-refractivity contribution < 1.29 is 29.5 Å². The highest BCUT2D eigenvalue weighted by Gasteiger charge is 2.52. The zero-order valence-electron chi connectivity index (χ0n) is 12.1. The van der Waals surface area contributed by atoms with E-state index in [4.69, 9.17) is 9.84 Å². The van der Waals surface area contributed by atoms with Gasteiger partial charge in [-0.3, -0.25) is 10.1 Å². The number of benzene rings is 1. The molecule has 2 rings (SSSR count). The number of hydrogen-bond acceptors (Lipinski definition) is 5. The molecule has 1 atom stereocenters. The molecule has 1 aromatic rings. The third-order valence-corrected chi connectivity index (χ3v) is 3.58. The first-order chi connectivity index (χ1) is 10.8. The molecule has 1 unspecified atom stereocenters. The first-order valence-electron chi connectivity index (χ1n) is 6.50. The second-order valence-electron chi connectivity index (χ2n) is 4.94. The van der Waals surface area contributed by atoms with Gasteiger partial charge in [-0.25, -0.2) is 9.59 Å². The molecule has 0 fully saturated rings. The third-order valence-electron chi connectivity index (χ3n) is 3.58. The fourth-order valence-electron chi connectivity index (χ4n) is 2.42. The highest BCUT2D eigenvalue weighted by atomic mass is 16.6. The summed E-state index contributed by atoms with van der Waals surface area (Å²) in [7, 11) is 1.40. The standard InChI is InChI=1S/C15H13NO7/c1-23-12-5-3-2-4-11(12)9-6-10(13(17)18)8-15(7-9,14(19)20)16(21)22/h2-6,8H,7H2,1H3,(H,17,18)(H,19,20). The van der Waals surface area contributed by atoms with Crippen LogP contribution < -0.4 is 4.74 Å². The Morgan fingerprint density at radius 2 is 1.96 bits per heavy atom. The fourth-order valence-corrected chi connectivity index (χ4v) is 2.42. The van der Waals surface area contributed by atoms with E-state index in [2.05, 4.69) is 0 Å². The number of rotatable bonds is 5. The van der Waals surface area contributed by atoms with Gasteiger partial charge < -0.3 is 14.9 Å². The van der Waals surface area contributed by atoms with E-state index < -0.39 is 34.4 Å². The molecule has 8 heteroatoms. The summed E-state index contributed by atoms with van der Waals surface area (Å²) in [5.41, 5.74) is -2.36. The van der Waals surface area contributed by atoms with Gasteiger partial charge in [0, 0.05) is 16.6 Å². The molecule has 8 nitrogen and oxygen atoms in total. The van der Waals surface area contributed by atoms with Gasteiger partial charge in [-0.15, -0.1) is 0 Å². The van der Waals surface area contributed by atoms with Crippen molar-refractivity contribution >= 4 is 17.5 Å². The fraction of sp³-hybridized carbons (Fsp3) is 0.200. The number of para-hydroxylation sites is 1. The van der Waals surface area contributed by atoms with E-state index in [1.165, 1.54) is 13.2 Å². The Hall–Kier alpha value is -3.16. The maximum Gasteiger partial charge on any atom is 0.387 e. The number of nitrogens with zero attached hydrogens (tertiary/aromatic N) is 1. The molecule has 2 N–H and O–H groups in total. The van der Waals surface area contributed by atoms with Crippen LogP contribution in [0.2, 0.25) is 0 Å². The molecule has 1 aliphatic carbocycles. The third kappa shape index (κ3) is 2.78. The molecule has 0 saturated carbocycles. The minimum absolute atomic E-state index is 0.210. The zero-order chi connectivity index (χ0) is 17.2. The lowest BCUT2D eigenvalue weighted by atomic mass is 9.81. The summed E-state index contributed by atoms with van der Waals surface area (Å²) < 4.78 is 5.16. The van der Waals surface area contributed by atoms with E-state index in [1.807, 2.05) is 0 Å². The number of hydrogen-bond donors (Lipinski definition) is 2. The molecule has 120 valence electrons. The summed E-state index contributed by atoms with van der Waals surface area (Å²) >= 11 is 0. The average molecular weight is 319 g/mol. The molecular formula is C15H13NO7. The molecule has 0 bridgehead atoms. The van der Waals surface area contributed by atoms with Crippen LogP contribution in [0.25, 0.3) is 5.57 Å². The smallest absolute Gasteiger partial charge is 0.387 e. The second kappa shape index (κ2) is 5.91. The van der Waals surface area contributed by atoms with Crippen LogP contribution in [0.5, 0.6) is 5.75 Å². The monoisotopic (exact) mass is 319 g/mol. The predicted molar refractivity (Wildman–Crippen MR) is 78.7 cm³/mol. The minimum atomic E-state index is -2.53. The molecule has 0 aromatic heterocycles. The van der Waals surface area contributed by atoms with Crippen LogP contribution in [0.1, 0.15) is 12.0 Å². The summed E-state index contributed by atoms with van der Waals surface area (Å²) in [4.78, 5) is 33.1. The molecule has 23 heavy (non-hydrogen) atoms. The van der Waals surface area contributed by atoms with Gasteiger partial charge in [-0.05, 0) is 17.7 Å². The number of nitro groups is 1. The van der Waals surface area contributed by atoms with Gasteiger partial charge in [-0.2, -0.15) is 0 Å². The lowest BCUT2D eigenvalue weighted by molar-refractivity contribution is -0.539. The Balaban J connectivity index is 2.66. The van der Waals surface area contributed by atoms with Crippen molar-refractivity contribution in [1.29, 1.82) is 0 Å². The van der Waals surface area contributed by atoms with Crippen LogP contribution in [0, 0.1) is 10.1 Å². The molecule has 0 aliphatic heterocycles. The molecular weight excluding hydrogens is 306 g/mol. The second-order valence-corrected chi connectivity index (χ2v) is 4.94. The minimum Gasteiger partial charge on any atom is -0.496 e. The normalized spacial score (nSPS) is 20.2. The lowest BCUT2D eigenvalue weighted by Gasteiger charge is -2.24. The molecule has 0 radical (unpaired) electrons. The topological polar surface area (TPSA) is 127 Å². The van der Waals surface area contributed by atoms with Crippen LogP contribution in [0.3, 0.4) is 0 Å². The Morgan fingerprint density at radius 1 is 1.30 bits per heavy atom. The summed E-state index contributed by atoms with van der Waals surface area (Å²) in [6.07, 6.45) is 1.41. The first kappa shape index (κ1) is 16.2. The van der Waals surface area contributed by atoms with Crippen molar-refractivity contribution in [3.63, 3.8) is 0 Å². The molecule has 1 aliphatic rings. The van der Waals surface area contributed by atoms with E-state index in [-0.39, 0.29) is 5.57 Å². The molecule has 0 spiro atoms. The van der Waals surface area contributed by atoms with Crippen molar-refractivity contribution in [1.82, 2.24) is 0 Å². The number of ether oxygens (including phenoxy) is 1. The van der Waals surface area contributed by atoms with Crippen molar-refractivity contribution in [3.05, 3.63) is 57.7 Å². The predicted octanol–water partition coefficient (Wildman–Crippen LogP) is 1.59. The van der Waals surface area contributed by atoms with Crippen LogP contribution >= 0.6 is 0 Å². The molecule has 0 heterocycles. The summed E-state index contributed by atoms with van der Waals surface area (Å²) in [5.74, 6) is -2.79. The average Bonchev–Trinajstić information content (AvgIpc) is 2.53. The number of carboxylic acid groups (broad SMARTS) is 2. The van der Waals surface area contributed by atoms with Gasteiger partial charge in [0.05, 0.1) is 19.1 Å². The van der Waals surface area contributed by atoms with Gasteiger partial charge in [-0.1, -0.05) is 18.2 Å². The van der Waals surface area contributed by atoms with Gasteiger partial charge in [0.15, 0.2) is 0 Å². The van der Waals surface area contributed by atoms with Crippen molar-refractivity contribution in [2.24, 2.45) is 0 Å². The van der Waals surface area contributed by atoms with Gasteiger partial charge in [0.25, 0.3) is 0 Å². The highest BCUT2D eigenvalue weighted by Crippen LogP contribution is 2.38. The maximum absolute atomic E-state index is 11.5. The van der Waals surface area contributed by atoms with Crippen molar-refractivity contribution in [2.45, 2.75) is 12.0 Å². The summed E-state index contributed by atoms with van der Waals surface area (Å²) in [5, 5.41) is 29.8. The largest absolute Gasteiger partial charge is 0.496 e. The van der Waals surface area contributed by atoms with E-state index >= 15 is 0 Å². The van der Waals surface area contributed by atoms with Gasteiger partial charge >= 0.3 is 17.5 Å². The van der Waals surface area contributed by atoms with Crippen LogP contribution in [-0.4, -0.2) is 39.7 Å². The Bertz CT molecular complexity index is 734. The van der Waals surface area contributed by atoms with E-state index in [0.717, 1.165) is 0 Å². The SMILES string of the molecule is COc1ccccc1C1=CC(C(=O)O)=CC(C(=O)O)([N+](=O)[O-])C1. The number of aliphatic carboxylic acids is 2. The van der Waals surface area contributed by atoms with E-state index in [0.29, 0.717) is 17.4 Å². The summed E-state index contributed by atoms with van der Waals surface area (Å²) in [6.45, 7) is 0. The maximum atomic E-state index is 11.5. The van der Waals surface area contributed by atoms with Crippen molar-refractivity contribution in [3.8, 4) is 5.75 Å². The Labute approximate surface area is 130 Å². The lowest BCUT2D eigenvalue weighted by Crippen LogP contribution is -2.46. The number of carboxylic acids is 2. The number of methoxy groups -OCH3 is 1. The van der Waals surface area contributed by atoms with Gasteiger partial charge in [0.1, 0.15) is 5.75 Å². The van der Waals surface area contributed by atoms with Crippen LogP contribution in [-0.2, 0) is 9.59 Å². The Kier molecular flexibility index (Phi) is 4.17. The highest BCUT2D eigenvalue weighted by molar-refractivity contribution is 5.98. The van der Waals surface area contributed by atoms with Crippen molar-refractivity contribution in [2.75, 3.05) is 7.11 Å². The van der Waals surface area contributed by atoms with E-state index in [9.17, 15) is 24.8 Å². The quantitative estimate of drug-likeness (QED) is 0.623. The molecule has 1 aromatic carbocycles. The van der Waals surface area contributed by atoms with Gasteiger partial charge in [0.2, 0.25) is 0 Å². The zero-order valence-corrected chi connectivity index (χ0v) is 12.1. The first-order valence-corrected chi connectivity index (χ1v) is 6.50. The van der Waals surface area contributed by atoms with Crippen LogP contribution in [0.15, 0.2) is 42.0 Å². The number of carbonyl (C=O) groups is 2. The van der Waals surface area contributed by atoms with E-state index in [1.54, 1.807) is 24.3 Å². The Morgan fingerprint density at radius 3 is 2.48 bits per heavy atom. The molecule has 0 saturated heterocycles. The van der Waals surface area contributed by atoms with Crippen LogP contribution in [0.4, 0.5) is 0 Å². The molecule has 0 amide bonds. The summed E-state index contributed by atoms with van der Waals surface area (Å²) in [6, 6.07) is 6.51.